The Morgan fingerprint density at radius 2 is 2.00 bits per heavy atom. The lowest BCUT2D eigenvalue weighted by Crippen LogP contribution is -2.41. The van der Waals surface area contributed by atoms with E-state index >= 15 is 0 Å². The van der Waals surface area contributed by atoms with E-state index in [1.54, 1.807) is 13.0 Å². The quantitative estimate of drug-likeness (QED) is 0.782. The van der Waals surface area contributed by atoms with Gasteiger partial charge in [-0.3, -0.25) is 0 Å². The van der Waals surface area contributed by atoms with Crippen LogP contribution < -0.4 is 5.73 Å². The first-order valence-electron chi connectivity index (χ1n) is 7.53. The molecule has 0 amide bonds. The van der Waals surface area contributed by atoms with E-state index in [-0.39, 0.29) is 23.4 Å². The Hall–Kier alpha value is -0.730. The molecule has 0 atom stereocenters. The van der Waals surface area contributed by atoms with Crippen LogP contribution in [0.2, 0.25) is 0 Å². The van der Waals surface area contributed by atoms with Crippen molar-refractivity contribution in [1.82, 2.24) is 4.31 Å². The summed E-state index contributed by atoms with van der Waals surface area (Å²) in [6.07, 6.45) is 2.10. The van der Waals surface area contributed by atoms with Gasteiger partial charge in [0.05, 0.1) is 6.10 Å². The molecule has 0 saturated carbocycles. The van der Waals surface area contributed by atoms with E-state index < -0.39 is 15.8 Å². The summed E-state index contributed by atoms with van der Waals surface area (Å²) in [6.45, 7) is 3.49. The first-order valence-corrected chi connectivity index (χ1v) is 8.97. The molecule has 2 rings (SSSR count). The second-order valence-corrected chi connectivity index (χ2v) is 7.38. The van der Waals surface area contributed by atoms with Crippen molar-refractivity contribution in [2.24, 2.45) is 5.73 Å². The monoisotopic (exact) mass is 366 g/mol. The fourth-order valence-electron chi connectivity index (χ4n) is 2.64. The molecule has 0 radical (unpaired) electrons. The molecule has 0 aliphatic carbocycles. The third kappa shape index (κ3) is 4.87. The SMILES string of the molecule is Cc1cccc(F)c1S(=O)(=O)N1CCC(OCCCN)CC1.Cl. The number of aryl methyl sites for hydroxylation is 1. The van der Waals surface area contributed by atoms with Crippen LogP contribution in [0.1, 0.15) is 24.8 Å². The van der Waals surface area contributed by atoms with Crippen LogP contribution in [0.25, 0.3) is 0 Å². The first-order chi connectivity index (χ1) is 10.5. The van der Waals surface area contributed by atoms with Gasteiger partial charge in [-0.25, -0.2) is 12.8 Å². The number of sulfonamides is 1. The minimum atomic E-state index is -3.79. The van der Waals surface area contributed by atoms with Gasteiger partial charge < -0.3 is 10.5 Å². The number of ether oxygens (including phenoxy) is 1. The maximum Gasteiger partial charge on any atom is 0.246 e. The van der Waals surface area contributed by atoms with Crippen LogP contribution in [-0.2, 0) is 14.8 Å². The van der Waals surface area contributed by atoms with Crippen LogP contribution in [0.15, 0.2) is 23.1 Å². The normalized spacial score (nSPS) is 17.0. The van der Waals surface area contributed by atoms with E-state index in [1.165, 1.54) is 16.4 Å². The molecule has 1 aliphatic heterocycles. The zero-order valence-electron chi connectivity index (χ0n) is 13.2. The van der Waals surface area contributed by atoms with E-state index in [1.807, 2.05) is 0 Å². The maximum atomic E-state index is 13.9. The second-order valence-electron chi connectivity index (χ2n) is 5.50. The zero-order valence-corrected chi connectivity index (χ0v) is 14.8. The molecule has 0 bridgehead atoms. The lowest BCUT2D eigenvalue weighted by molar-refractivity contribution is 0.0208. The summed E-state index contributed by atoms with van der Waals surface area (Å²) in [7, 11) is -3.79. The van der Waals surface area contributed by atoms with Gasteiger partial charge >= 0.3 is 0 Å². The van der Waals surface area contributed by atoms with E-state index in [2.05, 4.69) is 0 Å². The number of nitrogens with zero attached hydrogens (tertiary/aromatic N) is 1. The van der Waals surface area contributed by atoms with E-state index in [4.69, 9.17) is 10.5 Å². The largest absolute Gasteiger partial charge is 0.378 e. The van der Waals surface area contributed by atoms with Gasteiger partial charge in [-0.2, -0.15) is 4.31 Å². The van der Waals surface area contributed by atoms with Gasteiger partial charge in [0.15, 0.2) is 0 Å². The summed E-state index contributed by atoms with van der Waals surface area (Å²) < 4.78 is 46.2. The highest BCUT2D eigenvalue weighted by Crippen LogP contribution is 2.26. The second kappa shape index (κ2) is 8.94. The van der Waals surface area contributed by atoms with Gasteiger partial charge in [-0.15, -0.1) is 12.4 Å². The zero-order chi connectivity index (χ0) is 16.2. The number of halogens is 2. The molecular weight excluding hydrogens is 343 g/mol. The number of hydrogen-bond donors (Lipinski definition) is 1. The predicted octanol–water partition coefficient (Wildman–Crippen LogP) is 2.07. The van der Waals surface area contributed by atoms with Crippen LogP contribution in [-0.4, -0.2) is 45.1 Å². The Morgan fingerprint density at radius 1 is 1.35 bits per heavy atom. The Labute approximate surface area is 143 Å². The van der Waals surface area contributed by atoms with Crippen LogP contribution in [0, 0.1) is 12.7 Å². The molecule has 23 heavy (non-hydrogen) atoms. The van der Waals surface area contributed by atoms with Gasteiger partial charge in [0.1, 0.15) is 10.7 Å². The summed E-state index contributed by atoms with van der Waals surface area (Å²) in [6, 6.07) is 4.31. The molecule has 132 valence electrons. The number of piperidine rings is 1. The van der Waals surface area contributed by atoms with Crippen molar-refractivity contribution in [3.05, 3.63) is 29.6 Å². The molecule has 1 aliphatic rings. The molecule has 1 aromatic rings. The highest BCUT2D eigenvalue weighted by molar-refractivity contribution is 7.89. The number of rotatable bonds is 6. The lowest BCUT2D eigenvalue weighted by Gasteiger charge is -2.31. The molecule has 8 heteroatoms. The van der Waals surface area contributed by atoms with Crippen molar-refractivity contribution < 1.29 is 17.5 Å². The number of benzene rings is 1. The molecule has 0 unspecified atom stereocenters. The fraction of sp³-hybridized carbons (Fsp3) is 0.600. The molecule has 0 aromatic heterocycles. The summed E-state index contributed by atoms with van der Waals surface area (Å²) in [5, 5.41) is 0. The van der Waals surface area contributed by atoms with Crippen molar-refractivity contribution in [3.63, 3.8) is 0 Å². The summed E-state index contributed by atoms with van der Waals surface area (Å²) in [4.78, 5) is -0.211. The molecular formula is C15H24ClFN2O3S. The Kier molecular flexibility index (Phi) is 7.89. The lowest BCUT2D eigenvalue weighted by atomic mass is 10.1. The third-order valence-electron chi connectivity index (χ3n) is 3.86. The molecule has 1 heterocycles. The number of hydrogen-bond acceptors (Lipinski definition) is 4. The fourth-order valence-corrected chi connectivity index (χ4v) is 4.38. The van der Waals surface area contributed by atoms with Crippen molar-refractivity contribution in [3.8, 4) is 0 Å². The molecule has 2 N–H and O–H groups in total. The first kappa shape index (κ1) is 20.3. The number of nitrogens with two attached hydrogens (primary N) is 1. The van der Waals surface area contributed by atoms with Gasteiger partial charge in [-0.05, 0) is 44.4 Å². The Bertz CT molecular complexity index is 584. The average molecular weight is 367 g/mol. The standard InChI is InChI=1S/C15H23FN2O3S.ClH/c1-12-4-2-5-14(16)15(12)22(19,20)18-9-6-13(7-10-18)21-11-3-8-17;/h2,4-5,13H,3,6-11,17H2,1H3;1H. The van der Waals surface area contributed by atoms with E-state index in [0.29, 0.717) is 44.6 Å². The minimum Gasteiger partial charge on any atom is -0.378 e. The van der Waals surface area contributed by atoms with Crippen LogP contribution in [0.3, 0.4) is 0 Å². The third-order valence-corrected chi connectivity index (χ3v) is 5.94. The summed E-state index contributed by atoms with van der Waals surface area (Å²) in [5.41, 5.74) is 5.84. The van der Waals surface area contributed by atoms with Gasteiger partial charge in [0.2, 0.25) is 10.0 Å². The highest BCUT2D eigenvalue weighted by Gasteiger charge is 2.32. The van der Waals surface area contributed by atoms with E-state index in [9.17, 15) is 12.8 Å². The van der Waals surface area contributed by atoms with Gasteiger partial charge in [-0.1, -0.05) is 12.1 Å². The van der Waals surface area contributed by atoms with Crippen LogP contribution in [0.5, 0.6) is 0 Å². The van der Waals surface area contributed by atoms with Crippen molar-refractivity contribution >= 4 is 22.4 Å². The molecule has 1 saturated heterocycles. The molecule has 5 nitrogen and oxygen atoms in total. The summed E-state index contributed by atoms with van der Waals surface area (Å²) >= 11 is 0. The molecule has 1 fully saturated rings. The predicted molar refractivity (Wildman–Crippen MR) is 89.8 cm³/mol. The Balaban J connectivity index is 0.00000264. The van der Waals surface area contributed by atoms with E-state index in [0.717, 1.165) is 6.42 Å². The van der Waals surface area contributed by atoms with Crippen LogP contribution >= 0.6 is 12.4 Å². The topological polar surface area (TPSA) is 72.6 Å². The van der Waals surface area contributed by atoms with Gasteiger partial charge in [0.25, 0.3) is 0 Å². The van der Waals surface area contributed by atoms with Crippen molar-refractivity contribution in [2.75, 3.05) is 26.2 Å². The minimum absolute atomic E-state index is 0. The van der Waals surface area contributed by atoms with Crippen molar-refractivity contribution in [1.29, 1.82) is 0 Å². The summed E-state index contributed by atoms with van der Waals surface area (Å²) in [5.74, 6) is -0.693. The van der Waals surface area contributed by atoms with Crippen LogP contribution in [0.4, 0.5) is 4.39 Å². The maximum absolute atomic E-state index is 13.9. The smallest absolute Gasteiger partial charge is 0.246 e. The molecule has 0 spiro atoms. The average Bonchev–Trinajstić information content (AvgIpc) is 2.47. The molecule has 1 aromatic carbocycles. The Morgan fingerprint density at radius 3 is 2.57 bits per heavy atom. The highest BCUT2D eigenvalue weighted by atomic mass is 35.5. The van der Waals surface area contributed by atoms with Gasteiger partial charge in [0, 0.05) is 19.7 Å². The van der Waals surface area contributed by atoms with Crippen molar-refractivity contribution in [2.45, 2.75) is 37.2 Å².